The molecule has 1 N–H and O–H groups in total. The molecule has 1 aliphatic heterocycles. The first-order valence-electron chi connectivity index (χ1n) is 6.99. The molecule has 21 heavy (non-hydrogen) atoms. The molecule has 1 atom stereocenters. The second-order valence-corrected chi connectivity index (χ2v) is 5.32. The van der Waals surface area contributed by atoms with Gasteiger partial charge in [0, 0.05) is 12.7 Å². The van der Waals surface area contributed by atoms with E-state index >= 15 is 0 Å². The van der Waals surface area contributed by atoms with Crippen molar-refractivity contribution < 1.29 is 14.6 Å². The zero-order valence-electron chi connectivity index (χ0n) is 11.8. The highest BCUT2D eigenvalue weighted by molar-refractivity contribution is 6.32. The average Bonchev–Trinajstić information content (AvgIpc) is 2.95. The van der Waals surface area contributed by atoms with Crippen LogP contribution in [0, 0.1) is 0 Å². The van der Waals surface area contributed by atoms with Gasteiger partial charge in [-0.1, -0.05) is 18.5 Å². The van der Waals surface area contributed by atoms with E-state index in [2.05, 4.69) is 12.0 Å². The van der Waals surface area contributed by atoms with Crippen molar-refractivity contribution in [3.05, 3.63) is 40.7 Å². The summed E-state index contributed by atoms with van der Waals surface area (Å²) in [5.74, 6) is 1.12. The number of halogens is 1. The van der Waals surface area contributed by atoms with Crippen LogP contribution in [0.2, 0.25) is 5.02 Å². The zero-order chi connectivity index (χ0) is 14.8. The van der Waals surface area contributed by atoms with E-state index in [0.717, 1.165) is 18.7 Å². The maximum Gasteiger partial charge on any atom is 0.179 e. The van der Waals surface area contributed by atoms with Crippen molar-refractivity contribution in [3.63, 3.8) is 0 Å². The molecule has 2 heterocycles. The predicted octanol–water partition coefficient (Wildman–Crippen LogP) is 2.80. The number of fused-ring (bicyclic) bond motifs is 1. The lowest BCUT2D eigenvalue weighted by Gasteiger charge is -2.22. The maximum absolute atomic E-state index is 10.6. The van der Waals surface area contributed by atoms with Gasteiger partial charge >= 0.3 is 0 Å². The molecule has 5 nitrogen and oxygen atoms in total. The first-order chi connectivity index (χ1) is 10.2. The summed E-state index contributed by atoms with van der Waals surface area (Å²) >= 11 is 6.22. The van der Waals surface area contributed by atoms with Gasteiger partial charge in [0.25, 0.3) is 0 Å². The van der Waals surface area contributed by atoms with Crippen LogP contribution in [0.5, 0.6) is 11.5 Å². The fraction of sp³-hybridized carbons (Fsp3) is 0.400. The van der Waals surface area contributed by atoms with Gasteiger partial charge < -0.3 is 14.6 Å². The second-order valence-electron chi connectivity index (χ2n) is 4.91. The molecular weight excluding hydrogens is 292 g/mol. The van der Waals surface area contributed by atoms with Crippen LogP contribution in [0.3, 0.4) is 0 Å². The van der Waals surface area contributed by atoms with Crippen molar-refractivity contribution in [1.29, 1.82) is 0 Å². The summed E-state index contributed by atoms with van der Waals surface area (Å²) in [6, 6.07) is 5.29. The third kappa shape index (κ3) is 2.71. The number of benzene rings is 1. The predicted molar refractivity (Wildman–Crippen MR) is 79.0 cm³/mol. The molecular formula is C15H17ClN2O3. The van der Waals surface area contributed by atoms with Crippen LogP contribution in [-0.2, 0) is 6.54 Å². The van der Waals surface area contributed by atoms with Crippen LogP contribution in [0.1, 0.15) is 30.7 Å². The number of aryl methyl sites for hydroxylation is 1. The Morgan fingerprint density at radius 1 is 1.38 bits per heavy atom. The highest BCUT2D eigenvalue weighted by Crippen LogP contribution is 2.40. The summed E-state index contributed by atoms with van der Waals surface area (Å²) in [7, 11) is 0. The quantitative estimate of drug-likeness (QED) is 0.943. The minimum Gasteiger partial charge on any atom is -0.486 e. The molecule has 0 bridgehead atoms. The minimum absolute atomic E-state index is 0.447. The molecule has 0 fully saturated rings. The van der Waals surface area contributed by atoms with Crippen LogP contribution < -0.4 is 9.47 Å². The number of nitrogens with zero attached hydrogens (tertiary/aromatic N) is 2. The average molecular weight is 309 g/mol. The fourth-order valence-corrected chi connectivity index (χ4v) is 2.71. The molecule has 0 aliphatic carbocycles. The summed E-state index contributed by atoms with van der Waals surface area (Å²) in [4.78, 5) is 0. The van der Waals surface area contributed by atoms with E-state index in [9.17, 15) is 5.11 Å². The highest BCUT2D eigenvalue weighted by atomic mass is 35.5. The van der Waals surface area contributed by atoms with Crippen molar-refractivity contribution in [2.75, 3.05) is 13.2 Å². The van der Waals surface area contributed by atoms with E-state index < -0.39 is 6.10 Å². The third-order valence-corrected chi connectivity index (χ3v) is 3.68. The molecule has 3 rings (SSSR count). The molecule has 0 saturated heterocycles. The largest absolute Gasteiger partial charge is 0.486 e. The lowest BCUT2D eigenvalue weighted by atomic mass is 10.1. The number of hydrogen-bond donors (Lipinski definition) is 1. The Balaban J connectivity index is 1.96. The van der Waals surface area contributed by atoms with Crippen LogP contribution in [0.15, 0.2) is 24.4 Å². The van der Waals surface area contributed by atoms with E-state index in [1.54, 1.807) is 23.0 Å². The summed E-state index contributed by atoms with van der Waals surface area (Å²) < 4.78 is 12.8. The summed E-state index contributed by atoms with van der Waals surface area (Å²) in [5.41, 5.74) is 1.41. The lowest BCUT2D eigenvalue weighted by molar-refractivity contribution is 0.169. The Hall–Kier alpha value is -1.72. The standard InChI is InChI=1S/C15H17ClN2O3/c1-2-5-18-12(3-4-17-18)14(19)10-8-11(16)15-13(9-10)20-6-7-21-15/h3-4,8-9,14,19H,2,5-7H2,1H3. The van der Waals surface area contributed by atoms with Gasteiger partial charge in [0.05, 0.1) is 10.7 Å². The van der Waals surface area contributed by atoms with Crippen molar-refractivity contribution in [1.82, 2.24) is 9.78 Å². The smallest absolute Gasteiger partial charge is 0.179 e. The van der Waals surface area contributed by atoms with Gasteiger partial charge in [0.15, 0.2) is 11.5 Å². The van der Waals surface area contributed by atoms with Crippen molar-refractivity contribution >= 4 is 11.6 Å². The van der Waals surface area contributed by atoms with Gasteiger partial charge in [-0.05, 0) is 30.2 Å². The topological polar surface area (TPSA) is 56.5 Å². The van der Waals surface area contributed by atoms with Crippen LogP contribution >= 0.6 is 11.6 Å². The Morgan fingerprint density at radius 3 is 3.00 bits per heavy atom. The zero-order valence-corrected chi connectivity index (χ0v) is 12.5. The van der Waals surface area contributed by atoms with Crippen LogP contribution in [0.25, 0.3) is 0 Å². The number of aromatic nitrogens is 2. The van der Waals surface area contributed by atoms with Gasteiger partial charge in [-0.3, -0.25) is 4.68 Å². The van der Waals surface area contributed by atoms with E-state index in [-0.39, 0.29) is 0 Å². The van der Waals surface area contributed by atoms with E-state index in [4.69, 9.17) is 21.1 Å². The molecule has 1 unspecified atom stereocenters. The van der Waals surface area contributed by atoms with E-state index in [1.807, 2.05) is 6.07 Å². The van der Waals surface area contributed by atoms with Crippen LogP contribution in [0.4, 0.5) is 0 Å². The monoisotopic (exact) mass is 308 g/mol. The maximum atomic E-state index is 10.6. The second kappa shape index (κ2) is 5.95. The number of rotatable bonds is 4. The van der Waals surface area contributed by atoms with Gasteiger partial charge in [-0.15, -0.1) is 0 Å². The van der Waals surface area contributed by atoms with Crippen molar-refractivity contribution in [3.8, 4) is 11.5 Å². The van der Waals surface area contributed by atoms with Gasteiger partial charge in [-0.2, -0.15) is 5.10 Å². The molecule has 0 saturated carbocycles. The Kier molecular flexibility index (Phi) is 4.03. The van der Waals surface area contributed by atoms with Crippen LogP contribution in [-0.4, -0.2) is 28.1 Å². The lowest BCUT2D eigenvalue weighted by Crippen LogP contribution is -2.16. The molecule has 2 aromatic rings. The number of aliphatic hydroxyl groups is 1. The minimum atomic E-state index is -0.799. The SMILES string of the molecule is CCCn1nccc1C(O)c1cc(Cl)c2c(c1)OCCO2. The normalized spacial score (nSPS) is 15.0. The van der Waals surface area contributed by atoms with Gasteiger partial charge in [0.2, 0.25) is 0 Å². The van der Waals surface area contributed by atoms with E-state index in [0.29, 0.717) is 35.3 Å². The molecule has 1 aromatic heterocycles. The first kappa shape index (κ1) is 14.2. The summed E-state index contributed by atoms with van der Waals surface area (Å²) in [6.07, 6.45) is 1.84. The number of aliphatic hydroxyl groups excluding tert-OH is 1. The Morgan fingerprint density at radius 2 is 2.19 bits per heavy atom. The van der Waals surface area contributed by atoms with Crippen molar-refractivity contribution in [2.45, 2.75) is 26.0 Å². The summed E-state index contributed by atoms with van der Waals surface area (Å²) in [6.45, 7) is 3.80. The van der Waals surface area contributed by atoms with Gasteiger partial charge in [0.1, 0.15) is 19.3 Å². The highest BCUT2D eigenvalue weighted by Gasteiger charge is 2.22. The number of hydrogen-bond acceptors (Lipinski definition) is 4. The molecule has 1 aromatic carbocycles. The first-order valence-corrected chi connectivity index (χ1v) is 7.37. The fourth-order valence-electron chi connectivity index (χ4n) is 2.43. The molecule has 112 valence electrons. The van der Waals surface area contributed by atoms with Gasteiger partial charge in [-0.25, -0.2) is 0 Å². The van der Waals surface area contributed by atoms with Crippen molar-refractivity contribution in [2.24, 2.45) is 0 Å². The Bertz CT molecular complexity index is 642. The molecule has 1 aliphatic rings. The third-order valence-electron chi connectivity index (χ3n) is 3.40. The molecule has 0 amide bonds. The molecule has 0 spiro atoms. The Labute approximate surface area is 128 Å². The molecule has 6 heteroatoms. The summed E-state index contributed by atoms with van der Waals surface area (Å²) in [5, 5.41) is 15.3. The van der Waals surface area contributed by atoms with E-state index in [1.165, 1.54) is 0 Å². The molecule has 0 radical (unpaired) electrons. The number of ether oxygens (including phenoxy) is 2.